The fourth-order valence-electron chi connectivity index (χ4n) is 4.15. The maximum absolute atomic E-state index is 13.2. The molecule has 1 aliphatic rings. The summed E-state index contributed by atoms with van der Waals surface area (Å²) in [5.74, 6) is -0.362. The van der Waals surface area contributed by atoms with Crippen LogP contribution in [0.5, 0.6) is 0 Å². The summed E-state index contributed by atoms with van der Waals surface area (Å²) >= 11 is 11.8. The van der Waals surface area contributed by atoms with Crippen molar-refractivity contribution in [3.05, 3.63) is 46.9 Å². The number of carbonyl (C=O) groups excluding carboxylic acids is 3. The molecule has 0 aliphatic heterocycles. The fraction of sp³-hybridized carbons (Fsp3) is 0.480. The van der Waals surface area contributed by atoms with E-state index in [2.05, 4.69) is 4.90 Å². The number of hydrogen-bond donors (Lipinski definition) is 0. The number of hydrogen-bond acceptors (Lipinski definition) is 6. The lowest BCUT2D eigenvalue weighted by atomic mass is 9.73. The summed E-state index contributed by atoms with van der Waals surface area (Å²) in [6.07, 6.45) is 0.0148. The largest absolute Gasteiger partial charge is 0.489 e. The maximum Gasteiger partial charge on any atom is 0.228 e. The van der Waals surface area contributed by atoms with Crippen molar-refractivity contribution < 1.29 is 23.9 Å². The molecule has 0 atom stereocenters. The molecular formula is C25H32Cl2N2O5. The van der Waals surface area contributed by atoms with Crippen molar-refractivity contribution in [2.75, 3.05) is 55.9 Å². The second kappa shape index (κ2) is 11.8. The fourth-order valence-corrected chi connectivity index (χ4v) is 4.56. The molecule has 34 heavy (non-hydrogen) atoms. The van der Waals surface area contributed by atoms with Crippen molar-refractivity contribution in [3.8, 4) is 0 Å². The molecule has 1 amide bonds. The van der Waals surface area contributed by atoms with Crippen LogP contribution in [0, 0.1) is 5.41 Å². The Hall–Kier alpha value is -2.51. The van der Waals surface area contributed by atoms with Crippen LogP contribution in [0.4, 0.5) is 11.4 Å². The van der Waals surface area contributed by atoms with Crippen molar-refractivity contribution in [1.29, 1.82) is 0 Å². The Bertz CT molecular complexity index is 993. The van der Waals surface area contributed by atoms with Gasteiger partial charge < -0.3 is 19.3 Å². The minimum atomic E-state index is -0.914. The smallest absolute Gasteiger partial charge is 0.228 e. The normalized spacial score (nSPS) is 14.5. The third-order valence-corrected chi connectivity index (χ3v) is 6.26. The van der Waals surface area contributed by atoms with Gasteiger partial charge in [-0.2, -0.15) is 0 Å². The number of alkyl halides is 2. The third-order valence-electron chi connectivity index (χ3n) is 5.92. The second-order valence-electron chi connectivity index (χ2n) is 8.62. The molecule has 2 rings (SSSR count). The molecule has 0 bridgehead atoms. The number of rotatable bonds is 11. The highest BCUT2D eigenvalue weighted by Crippen LogP contribution is 2.40. The molecule has 0 N–H and O–H groups in total. The van der Waals surface area contributed by atoms with Crippen LogP contribution in [0.25, 0.3) is 0 Å². The van der Waals surface area contributed by atoms with Crippen LogP contribution in [0.1, 0.15) is 27.2 Å². The Balaban J connectivity index is 2.25. The van der Waals surface area contributed by atoms with Crippen LogP contribution in [0.15, 0.2) is 46.9 Å². The molecule has 1 aliphatic carbocycles. The molecule has 0 aromatic heterocycles. The highest BCUT2D eigenvalue weighted by atomic mass is 35.5. The van der Waals surface area contributed by atoms with Gasteiger partial charge >= 0.3 is 0 Å². The SMILES string of the molecule is COC1=C(OC)C(=O)C(C(C)(C)CC(=O)N(C)c2ccc(N(CCCl)CCCl)cc2)=C(C)C1=O. The van der Waals surface area contributed by atoms with Gasteiger partial charge in [-0.3, -0.25) is 14.4 Å². The number of benzene rings is 1. The zero-order valence-corrected chi connectivity index (χ0v) is 22.0. The van der Waals surface area contributed by atoms with Gasteiger partial charge in [-0.25, -0.2) is 0 Å². The van der Waals surface area contributed by atoms with E-state index in [9.17, 15) is 14.4 Å². The Labute approximate surface area is 211 Å². The van der Waals surface area contributed by atoms with Crippen molar-refractivity contribution in [1.82, 2.24) is 0 Å². The predicted molar refractivity (Wildman–Crippen MR) is 136 cm³/mol. The molecule has 186 valence electrons. The van der Waals surface area contributed by atoms with E-state index in [0.717, 1.165) is 5.69 Å². The summed E-state index contributed by atoms with van der Waals surface area (Å²) in [7, 11) is 4.31. The van der Waals surface area contributed by atoms with Gasteiger partial charge in [0.2, 0.25) is 29.0 Å². The van der Waals surface area contributed by atoms with Crippen LogP contribution in [0.3, 0.4) is 0 Å². The van der Waals surface area contributed by atoms with E-state index in [1.54, 1.807) is 27.8 Å². The zero-order valence-electron chi connectivity index (χ0n) is 20.5. The van der Waals surface area contributed by atoms with Gasteiger partial charge in [0.25, 0.3) is 0 Å². The van der Waals surface area contributed by atoms with Gasteiger partial charge in [-0.1, -0.05) is 13.8 Å². The van der Waals surface area contributed by atoms with Crippen molar-refractivity contribution in [2.24, 2.45) is 5.41 Å². The van der Waals surface area contributed by atoms with Gasteiger partial charge in [-0.15, -0.1) is 23.2 Å². The molecule has 0 heterocycles. The molecular weight excluding hydrogens is 479 g/mol. The first-order valence-corrected chi connectivity index (χ1v) is 12.0. The van der Waals surface area contributed by atoms with Crippen LogP contribution < -0.4 is 9.80 Å². The van der Waals surface area contributed by atoms with E-state index in [1.165, 1.54) is 19.1 Å². The number of anilines is 2. The molecule has 0 unspecified atom stereocenters. The van der Waals surface area contributed by atoms with Crippen molar-refractivity contribution in [3.63, 3.8) is 0 Å². The highest BCUT2D eigenvalue weighted by Gasteiger charge is 2.42. The average Bonchev–Trinajstić information content (AvgIpc) is 2.80. The lowest BCUT2D eigenvalue weighted by Gasteiger charge is -2.32. The molecule has 0 fully saturated rings. The van der Waals surface area contributed by atoms with Gasteiger partial charge in [0.15, 0.2) is 0 Å². The highest BCUT2D eigenvalue weighted by molar-refractivity contribution is 6.24. The first kappa shape index (κ1) is 27.7. The number of allylic oxidation sites excluding steroid dienone is 2. The minimum Gasteiger partial charge on any atom is -0.489 e. The summed E-state index contributed by atoms with van der Waals surface area (Å²) in [5, 5.41) is 0. The molecule has 0 saturated carbocycles. The lowest BCUT2D eigenvalue weighted by molar-refractivity contribution is -0.123. The Morgan fingerprint density at radius 2 is 1.38 bits per heavy atom. The lowest BCUT2D eigenvalue weighted by Crippen LogP contribution is -2.37. The predicted octanol–water partition coefficient (Wildman–Crippen LogP) is 4.32. The topological polar surface area (TPSA) is 76.2 Å². The third kappa shape index (κ3) is 5.76. The number of amides is 1. The van der Waals surface area contributed by atoms with Crippen LogP contribution >= 0.6 is 23.2 Å². The molecule has 1 aromatic rings. The zero-order chi connectivity index (χ0) is 25.6. The van der Waals surface area contributed by atoms with Crippen molar-refractivity contribution in [2.45, 2.75) is 27.2 Å². The molecule has 0 saturated heterocycles. The average molecular weight is 511 g/mol. The number of methoxy groups -OCH3 is 2. The maximum atomic E-state index is 13.2. The van der Waals surface area contributed by atoms with E-state index in [4.69, 9.17) is 32.7 Å². The quantitative estimate of drug-likeness (QED) is 0.325. The number of halogens is 2. The summed E-state index contributed by atoms with van der Waals surface area (Å²) in [4.78, 5) is 42.7. The number of carbonyl (C=O) groups is 3. The summed E-state index contributed by atoms with van der Waals surface area (Å²) < 4.78 is 10.3. The van der Waals surface area contributed by atoms with Gasteiger partial charge in [0, 0.05) is 66.3 Å². The second-order valence-corrected chi connectivity index (χ2v) is 9.38. The van der Waals surface area contributed by atoms with Gasteiger partial charge in [-0.05, 0) is 31.2 Å². The van der Waals surface area contributed by atoms with Crippen molar-refractivity contribution >= 4 is 52.1 Å². The van der Waals surface area contributed by atoms with Gasteiger partial charge in [0.1, 0.15) is 0 Å². The van der Waals surface area contributed by atoms with E-state index >= 15 is 0 Å². The monoisotopic (exact) mass is 510 g/mol. The first-order chi connectivity index (χ1) is 16.0. The molecule has 9 heteroatoms. The van der Waals surface area contributed by atoms with Crippen LogP contribution in [-0.2, 0) is 23.9 Å². The van der Waals surface area contributed by atoms with E-state index in [0.29, 0.717) is 30.5 Å². The molecule has 0 radical (unpaired) electrons. The van der Waals surface area contributed by atoms with Crippen LogP contribution in [-0.4, -0.2) is 63.6 Å². The molecule has 7 nitrogen and oxygen atoms in total. The first-order valence-electron chi connectivity index (χ1n) is 10.9. The Kier molecular flexibility index (Phi) is 9.59. The number of Topliss-reactive ketones (excluding diaryl/α,β-unsaturated/α-hetero) is 2. The number of nitrogens with zero attached hydrogens (tertiary/aromatic N) is 2. The standard InChI is InChI=1S/C25H32Cl2N2O5/c1-16-20(22(32)24(34-6)23(33-5)21(16)31)25(2,3)15-19(30)28(4)17-7-9-18(10-8-17)29(13-11-26)14-12-27/h7-10H,11-15H2,1-6H3. The van der Waals surface area contributed by atoms with E-state index < -0.39 is 17.0 Å². The number of ether oxygens (including phenoxy) is 2. The summed E-state index contributed by atoms with van der Waals surface area (Å²) in [5.41, 5.74) is 1.27. The minimum absolute atomic E-state index is 0.0148. The van der Waals surface area contributed by atoms with Crippen LogP contribution in [0.2, 0.25) is 0 Å². The van der Waals surface area contributed by atoms with E-state index in [1.807, 2.05) is 24.3 Å². The summed E-state index contributed by atoms with van der Waals surface area (Å²) in [6, 6.07) is 7.54. The molecule has 1 aromatic carbocycles. The van der Waals surface area contributed by atoms with Gasteiger partial charge in [0.05, 0.1) is 14.2 Å². The Morgan fingerprint density at radius 1 is 0.912 bits per heavy atom. The Morgan fingerprint density at radius 3 is 1.85 bits per heavy atom. The summed E-state index contributed by atoms with van der Waals surface area (Å²) in [6.45, 7) is 6.45. The van der Waals surface area contributed by atoms with E-state index in [-0.39, 0.29) is 35.0 Å². The molecule has 0 spiro atoms. The number of ketones is 2.